The van der Waals surface area contributed by atoms with Gasteiger partial charge >= 0.3 is 0 Å². The summed E-state index contributed by atoms with van der Waals surface area (Å²) in [5.41, 5.74) is -0.0258. The monoisotopic (exact) mass is 349 g/mol. The Labute approximate surface area is 124 Å². The molecule has 0 aliphatic carbocycles. The molecule has 104 valence electrons. The van der Waals surface area contributed by atoms with Crippen molar-refractivity contribution in [2.45, 2.75) is 18.9 Å². The molecule has 19 heavy (non-hydrogen) atoms. The molecule has 0 spiro atoms. The lowest BCUT2D eigenvalue weighted by atomic mass is 10.1. The number of benzene rings is 1. The molecule has 0 saturated carbocycles. The van der Waals surface area contributed by atoms with Gasteiger partial charge in [0.05, 0.1) is 16.7 Å². The Bertz CT molecular complexity index is 478. The first-order valence-electron chi connectivity index (χ1n) is 6.08. The Morgan fingerprint density at radius 1 is 1.47 bits per heavy atom. The number of ether oxygens (including phenoxy) is 1. The molecule has 1 fully saturated rings. The maximum atomic E-state index is 13.8. The van der Waals surface area contributed by atoms with Crippen LogP contribution >= 0.6 is 27.5 Å². The van der Waals surface area contributed by atoms with Gasteiger partial charge in [-0.2, -0.15) is 0 Å². The summed E-state index contributed by atoms with van der Waals surface area (Å²) in [6, 6.07) is 2.97. The number of nitrogens with one attached hydrogen (secondary N) is 1. The van der Waals surface area contributed by atoms with Crippen molar-refractivity contribution in [3.05, 3.63) is 33.0 Å². The maximum absolute atomic E-state index is 13.8. The zero-order chi connectivity index (χ0) is 13.8. The van der Waals surface area contributed by atoms with Crippen LogP contribution in [0.4, 0.5) is 4.39 Å². The Balaban J connectivity index is 1.98. The van der Waals surface area contributed by atoms with E-state index in [-0.39, 0.29) is 29.1 Å². The normalized spacial score (nSPS) is 16.6. The van der Waals surface area contributed by atoms with E-state index in [9.17, 15) is 9.18 Å². The van der Waals surface area contributed by atoms with E-state index in [2.05, 4.69) is 21.2 Å². The predicted molar refractivity (Wildman–Crippen MR) is 75.3 cm³/mol. The van der Waals surface area contributed by atoms with Gasteiger partial charge < -0.3 is 10.1 Å². The molecule has 1 N–H and O–H groups in total. The number of hydrogen-bond acceptors (Lipinski definition) is 3. The van der Waals surface area contributed by atoms with Crippen LogP contribution in [0, 0.1) is 5.82 Å². The summed E-state index contributed by atoms with van der Waals surface area (Å²) in [5.74, 6) is -1.08. The lowest BCUT2D eigenvalue weighted by Crippen LogP contribution is -2.33. The SMILES string of the molecule is O=C(COC1CCNCC1)c1ccc(Br)c(Cl)c1F. The largest absolute Gasteiger partial charge is 0.370 e. The Hall–Kier alpha value is -0.490. The highest BCUT2D eigenvalue weighted by atomic mass is 79.9. The van der Waals surface area contributed by atoms with Gasteiger partial charge in [0.1, 0.15) is 6.61 Å². The lowest BCUT2D eigenvalue weighted by Gasteiger charge is -2.22. The van der Waals surface area contributed by atoms with Crippen molar-refractivity contribution in [1.82, 2.24) is 5.32 Å². The van der Waals surface area contributed by atoms with Crippen LogP contribution in [0.15, 0.2) is 16.6 Å². The van der Waals surface area contributed by atoms with Crippen LogP contribution in [0.5, 0.6) is 0 Å². The first kappa shape index (κ1) is 14.9. The van der Waals surface area contributed by atoms with Crippen molar-refractivity contribution < 1.29 is 13.9 Å². The molecular formula is C13H14BrClFNO2. The van der Waals surface area contributed by atoms with Gasteiger partial charge in [0.25, 0.3) is 0 Å². The molecule has 1 aromatic rings. The van der Waals surface area contributed by atoms with E-state index in [1.54, 1.807) is 6.07 Å². The zero-order valence-corrected chi connectivity index (χ0v) is 12.6. The second kappa shape index (κ2) is 6.79. The Kier molecular flexibility index (Phi) is 5.33. The minimum absolute atomic E-state index is 0.0258. The fraction of sp³-hybridized carbons (Fsp3) is 0.462. The molecule has 0 atom stereocenters. The summed E-state index contributed by atoms with van der Waals surface area (Å²) >= 11 is 8.86. The highest BCUT2D eigenvalue weighted by molar-refractivity contribution is 9.10. The second-order valence-electron chi connectivity index (χ2n) is 4.41. The summed E-state index contributed by atoms with van der Waals surface area (Å²) < 4.78 is 19.8. The van der Waals surface area contributed by atoms with E-state index >= 15 is 0 Å². The standard InChI is InChI=1S/C13H14BrClFNO2/c14-10-2-1-9(13(16)12(10)15)11(18)7-19-8-3-5-17-6-4-8/h1-2,8,17H,3-7H2. The first-order valence-corrected chi connectivity index (χ1v) is 7.25. The molecule has 3 nitrogen and oxygen atoms in total. The molecule has 0 unspecified atom stereocenters. The van der Waals surface area contributed by atoms with Gasteiger partial charge in [-0.05, 0) is 54.0 Å². The Morgan fingerprint density at radius 3 is 2.84 bits per heavy atom. The topological polar surface area (TPSA) is 38.3 Å². The van der Waals surface area contributed by atoms with E-state index in [0.717, 1.165) is 25.9 Å². The summed E-state index contributed by atoms with van der Waals surface area (Å²) in [5, 5.41) is 3.13. The van der Waals surface area contributed by atoms with Crippen LogP contribution in [-0.4, -0.2) is 31.6 Å². The molecule has 1 saturated heterocycles. The molecule has 1 aromatic carbocycles. The summed E-state index contributed by atoms with van der Waals surface area (Å²) in [6.07, 6.45) is 1.81. The molecule has 2 rings (SSSR count). The average Bonchev–Trinajstić information content (AvgIpc) is 2.43. The zero-order valence-electron chi connectivity index (χ0n) is 10.2. The summed E-state index contributed by atoms with van der Waals surface area (Å²) in [7, 11) is 0. The smallest absolute Gasteiger partial charge is 0.191 e. The van der Waals surface area contributed by atoms with Gasteiger partial charge in [-0.25, -0.2) is 4.39 Å². The molecule has 0 amide bonds. The fourth-order valence-corrected chi connectivity index (χ4v) is 2.45. The molecular weight excluding hydrogens is 337 g/mol. The van der Waals surface area contributed by atoms with E-state index in [1.165, 1.54) is 6.07 Å². The molecule has 0 radical (unpaired) electrons. The number of ketones is 1. The van der Waals surface area contributed by atoms with Crippen LogP contribution in [0.1, 0.15) is 23.2 Å². The van der Waals surface area contributed by atoms with E-state index < -0.39 is 5.82 Å². The number of halogens is 3. The van der Waals surface area contributed by atoms with Crippen LogP contribution in [0.3, 0.4) is 0 Å². The second-order valence-corrected chi connectivity index (χ2v) is 5.64. The minimum atomic E-state index is -0.699. The number of carbonyl (C=O) groups is 1. The van der Waals surface area contributed by atoms with Gasteiger partial charge in [0.2, 0.25) is 0 Å². The number of rotatable bonds is 4. The molecule has 0 bridgehead atoms. The van der Waals surface area contributed by atoms with Gasteiger partial charge in [0.15, 0.2) is 11.6 Å². The quantitative estimate of drug-likeness (QED) is 0.669. The van der Waals surface area contributed by atoms with E-state index in [0.29, 0.717) is 4.47 Å². The maximum Gasteiger partial charge on any atom is 0.191 e. The van der Waals surface area contributed by atoms with Crippen molar-refractivity contribution in [3.63, 3.8) is 0 Å². The highest BCUT2D eigenvalue weighted by Gasteiger charge is 2.19. The van der Waals surface area contributed by atoms with Crippen LogP contribution in [0.25, 0.3) is 0 Å². The van der Waals surface area contributed by atoms with Crippen LogP contribution in [0.2, 0.25) is 5.02 Å². The average molecular weight is 351 g/mol. The van der Waals surface area contributed by atoms with Crippen molar-refractivity contribution in [3.8, 4) is 0 Å². The summed E-state index contributed by atoms with van der Waals surface area (Å²) in [4.78, 5) is 11.9. The first-order chi connectivity index (χ1) is 9.09. The number of hydrogen-bond donors (Lipinski definition) is 1. The van der Waals surface area contributed by atoms with Gasteiger partial charge in [-0.3, -0.25) is 4.79 Å². The third-order valence-corrected chi connectivity index (χ3v) is 4.33. The molecule has 1 aliphatic rings. The fourth-order valence-electron chi connectivity index (χ4n) is 1.97. The molecule has 1 heterocycles. The van der Waals surface area contributed by atoms with E-state index in [1.807, 2.05) is 0 Å². The van der Waals surface area contributed by atoms with Crippen molar-refractivity contribution >= 4 is 33.3 Å². The third kappa shape index (κ3) is 3.75. The summed E-state index contributed by atoms with van der Waals surface area (Å²) in [6.45, 7) is 1.66. The highest BCUT2D eigenvalue weighted by Crippen LogP contribution is 2.27. The number of piperidine rings is 1. The number of carbonyl (C=O) groups excluding carboxylic acids is 1. The third-order valence-electron chi connectivity index (χ3n) is 3.07. The number of Topliss-reactive ketones (excluding diaryl/α,β-unsaturated/α-hetero) is 1. The lowest BCUT2D eigenvalue weighted by molar-refractivity contribution is 0.0315. The van der Waals surface area contributed by atoms with Crippen LogP contribution in [-0.2, 0) is 4.74 Å². The molecule has 1 aliphatic heterocycles. The van der Waals surface area contributed by atoms with Crippen LogP contribution < -0.4 is 5.32 Å². The predicted octanol–water partition coefficient (Wildman–Crippen LogP) is 3.19. The van der Waals surface area contributed by atoms with Crippen molar-refractivity contribution in [1.29, 1.82) is 0 Å². The van der Waals surface area contributed by atoms with Crippen molar-refractivity contribution in [2.24, 2.45) is 0 Å². The van der Waals surface area contributed by atoms with E-state index in [4.69, 9.17) is 16.3 Å². The van der Waals surface area contributed by atoms with Gasteiger partial charge in [-0.1, -0.05) is 11.6 Å². The van der Waals surface area contributed by atoms with Crippen molar-refractivity contribution in [2.75, 3.05) is 19.7 Å². The minimum Gasteiger partial charge on any atom is -0.370 e. The molecule has 6 heteroatoms. The van der Waals surface area contributed by atoms with Gasteiger partial charge in [0, 0.05) is 4.47 Å². The van der Waals surface area contributed by atoms with Gasteiger partial charge in [-0.15, -0.1) is 0 Å². The molecule has 0 aromatic heterocycles. The Morgan fingerprint density at radius 2 is 2.16 bits per heavy atom.